The topological polar surface area (TPSA) is 63.2 Å². The van der Waals surface area contributed by atoms with Crippen LogP contribution >= 0.6 is 7.82 Å². The van der Waals surface area contributed by atoms with Crippen molar-refractivity contribution < 1.29 is 27.6 Å². The summed E-state index contributed by atoms with van der Waals surface area (Å²) >= 11 is 0. The van der Waals surface area contributed by atoms with Crippen LogP contribution in [0.25, 0.3) is 6.08 Å². The van der Waals surface area contributed by atoms with Crippen molar-refractivity contribution in [1.82, 2.24) is 0 Å². The van der Waals surface area contributed by atoms with E-state index in [9.17, 15) is 4.57 Å². The van der Waals surface area contributed by atoms with Crippen LogP contribution in [0.2, 0.25) is 0 Å². The van der Waals surface area contributed by atoms with Gasteiger partial charge in [0.25, 0.3) is 0 Å². The van der Waals surface area contributed by atoms with E-state index in [0.717, 1.165) is 11.3 Å². The molecule has 0 fully saturated rings. The van der Waals surface area contributed by atoms with Crippen molar-refractivity contribution >= 4 is 13.9 Å². The second kappa shape index (κ2) is 11.4. The summed E-state index contributed by atoms with van der Waals surface area (Å²) in [6.07, 6.45) is 3.11. The second-order valence-electron chi connectivity index (χ2n) is 5.87. The average Bonchev–Trinajstić information content (AvgIpc) is 2.51. The van der Waals surface area contributed by atoms with E-state index in [1.807, 2.05) is 30.3 Å². The maximum Gasteiger partial charge on any atom is 0.475 e. The van der Waals surface area contributed by atoms with Gasteiger partial charge in [0.15, 0.2) is 0 Å². The lowest BCUT2D eigenvalue weighted by molar-refractivity contribution is 0.0783. The minimum absolute atomic E-state index is 0.117. The molecule has 0 saturated heterocycles. The zero-order valence-electron chi connectivity index (χ0n) is 15.6. The Hall–Kier alpha value is -1.17. The van der Waals surface area contributed by atoms with Crippen molar-refractivity contribution in [3.63, 3.8) is 0 Å². The van der Waals surface area contributed by atoms with E-state index >= 15 is 0 Å². The normalized spacial score (nSPS) is 12.4. The quantitative estimate of drug-likeness (QED) is 0.391. The average molecular weight is 372 g/mol. The van der Waals surface area contributed by atoms with Gasteiger partial charge in [0, 0.05) is 7.11 Å². The summed E-state index contributed by atoms with van der Waals surface area (Å²) in [5.74, 6) is 0.761. The fourth-order valence-corrected chi connectivity index (χ4v) is 3.34. The Morgan fingerprint density at radius 3 is 2.36 bits per heavy atom. The van der Waals surface area contributed by atoms with E-state index in [1.54, 1.807) is 40.9 Å². The number of phosphoric ester groups is 1. The Morgan fingerprint density at radius 1 is 1.08 bits per heavy atom. The van der Waals surface area contributed by atoms with Gasteiger partial charge in [0.2, 0.25) is 0 Å². The Kier molecular flexibility index (Phi) is 10.0. The van der Waals surface area contributed by atoms with Crippen LogP contribution in [-0.4, -0.2) is 39.1 Å². The minimum atomic E-state index is -3.57. The molecule has 0 saturated carbocycles. The van der Waals surface area contributed by atoms with Crippen LogP contribution in [0.1, 0.15) is 33.3 Å². The fraction of sp³-hybridized carbons (Fsp3) is 0.556. The molecule has 0 spiro atoms. The summed E-state index contributed by atoms with van der Waals surface area (Å²) in [6.45, 7) is 8.28. The highest BCUT2D eigenvalue weighted by molar-refractivity contribution is 7.48. The molecule has 1 rings (SSSR count). The smallest absolute Gasteiger partial charge is 0.475 e. The van der Waals surface area contributed by atoms with Crippen molar-refractivity contribution in [3.05, 3.63) is 35.9 Å². The highest BCUT2D eigenvalue weighted by Gasteiger charge is 2.29. The van der Waals surface area contributed by atoms with E-state index in [1.165, 1.54) is 0 Å². The van der Waals surface area contributed by atoms with Crippen molar-refractivity contribution in [2.24, 2.45) is 0 Å². The molecule has 0 N–H and O–H groups in total. The molecule has 25 heavy (non-hydrogen) atoms. The molecule has 0 aliphatic heterocycles. The van der Waals surface area contributed by atoms with Gasteiger partial charge in [-0.3, -0.25) is 13.6 Å². The van der Waals surface area contributed by atoms with Crippen LogP contribution < -0.4 is 4.74 Å². The fourth-order valence-electron chi connectivity index (χ4n) is 1.87. The van der Waals surface area contributed by atoms with Crippen molar-refractivity contribution in [2.75, 3.05) is 26.9 Å². The van der Waals surface area contributed by atoms with E-state index in [0.29, 0.717) is 13.2 Å². The Labute approximate surface area is 150 Å². The lowest BCUT2D eigenvalue weighted by Crippen LogP contribution is -2.10. The van der Waals surface area contributed by atoms with Gasteiger partial charge in [-0.25, -0.2) is 4.57 Å². The molecule has 6 nitrogen and oxygen atoms in total. The first kappa shape index (κ1) is 21.9. The predicted octanol–water partition coefficient (Wildman–Crippen LogP) is 4.70. The van der Waals surface area contributed by atoms with Gasteiger partial charge < -0.3 is 9.47 Å². The molecule has 1 aromatic rings. The zero-order valence-corrected chi connectivity index (χ0v) is 16.5. The summed E-state index contributed by atoms with van der Waals surface area (Å²) in [5, 5.41) is 0. The van der Waals surface area contributed by atoms with Crippen molar-refractivity contribution in [2.45, 2.75) is 39.9 Å². The molecule has 0 aliphatic rings. The third-order valence-electron chi connectivity index (χ3n) is 2.73. The second-order valence-corrected chi connectivity index (χ2v) is 7.44. The molecule has 142 valence electrons. The standard InChI is InChI=1S/C18H29O6P/c1-15(2)23-25(19,24-16(3)4)22-11-7-9-17-8-6-10-18(14-17)21-13-12-20-5/h6-10,14-16H,11-13H2,1-5H3/b9-7+. The number of hydrogen-bond donors (Lipinski definition) is 0. The van der Waals surface area contributed by atoms with Crippen LogP contribution in [-0.2, 0) is 22.9 Å². The number of phosphoric acid groups is 1. The maximum absolute atomic E-state index is 12.5. The number of methoxy groups -OCH3 is 1. The van der Waals surface area contributed by atoms with Crippen LogP contribution in [0.15, 0.2) is 30.3 Å². The molecule has 0 aromatic heterocycles. The van der Waals surface area contributed by atoms with Gasteiger partial charge in [-0.15, -0.1) is 0 Å². The minimum Gasteiger partial charge on any atom is -0.491 e. The molecule has 7 heteroatoms. The maximum atomic E-state index is 12.5. The van der Waals surface area contributed by atoms with Gasteiger partial charge in [0.05, 0.1) is 25.4 Å². The molecule has 0 atom stereocenters. The number of rotatable bonds is 12. The Balaban J connectivity index is 2.58. The van der Waals surface area contributed by atoms with E-state index < -0.39 is 7.82 Å². The summed E-state index contributed by atoms with van der Waals surface area (Å²) in [5.41, 5.74) is 0.947. The largest absolute Gasteiger partial charge is 0.491 e. The first-order valence-electron chi connectivity index (χ1n) is 8.34. The van der Waals surface area contributed by atoms with Crippen LogP contribution in [0, 0.1) is 0 Å². The number of hydrogen-bond acceptors (Lipinski definition) is 6. The molecule has 1 aromatic carbocycles. The Bertz CT molecular complexity index is 556. The molecule has 0 bridgehead atoms. The molecule has 0 aliphatic carbocycles. The third kappa shape index (κ3) is 9.78. The van der Waals surface area contributed by atoms with Gasteiger partial charge in [-0.05, 0) is 45.4 Å². The summed E-state index contributed by atoms with van der Waals surface area (Å²) in [4.78, 5) is 0. The zero-order chi connectivity index (χ0) is 18.7. The monoisotopic (exact) mass is 372 g/mol. The highest BCUT2D eigenvalue weighted by atomic mass is 31.2. The lowest BCUT2D eigenvalue weighted by atomic mass is 10.2. The van der Waals surface area contributed by atoms with E-state index in [4.69, 9.17) is 23.0 Å². The van der Waals surface area contributed by atoms with Gasteiger partial charge in [0.1, 0.15) is 12.4 Å². The predicted molar refractivity (Wildman–Crippen MR) is 98.8 cm³/mol. The van der Waals surface area contributed by atoms with Gasteiger partial charge >= 0.3 is 7.82 Å². The highest BCUT2D eigenvalue weighted by Crippen LogP contribution is 2.51. The molecular weight excluding hydrogens is 343 g/mol. The van der Waals surface area contributed by atoms with Crippen LogP contribution in [0.5, 0.6) is 5.75 Å². The van der Waals surface area contributed by atoms with Crippen molar-refractivity contribution in [1.29, 1.82) is 0 Å². The van der Waals surface area contributed by atoms with Crippen LogP contribution in [0.3, 0.4) is 0 Å². The molecule has 0 radical (unpaired) electrons. The third-order valence-corrected chi connectivity index (χ3v) is 4.56. The SMILES string of the molecule is COCCOc1cccc(/C=C/COP(=O)(OC(C)C)OC(C)C)c1. The lowest BCUT2D eigenvalue weighted by Gasteiger charge is -2.21. The summed E-state index contributed by atoms with van der Waals surface area (Å²) in [6, 6.07) is 7.62. The van der Waals surface area contributed by atoms with Crippen molar-refractivity contribution in [3.8, 4) is 5.75 Å². The molecule has 0 unspecified atom stereocenters. The van der Waals surface area contributed by atoms with Gasteiger partial charge in [-0.2, -0.15) is 0 Å². The molecular formula is C18H29O6P. The number of benzene rings is 1. The van der Waals surface area contributed by atoms with Gasteiger partial charge in [-0.1, -0.05) is 24.3 Å². The summed E-state index contributed by atoms with van der Waals surface area (Å²) in [7, 11) is -1.94. The van der Waals surface area contributed by atoms with E-state index in [-0.39, 0.29) is 18.8 Å². The number of ether oxygens (including phenoxy) is 2. The Morgan fingerprint density at radius 2 is 1.76 bits per heavy atom. The first-order chi connectivity index (χ1) is 11.8. The summed E-state index contributed by atoms with van der Waals surface area (Å²) < 4.78 is 39.0. The van der Waals surface area contributed by atoms with E-state index in [2.05, 4.69) is 0 Å². The van der Waals surface area contributed by atoms with Crippen LogP contribution in [0.4, 0.5) is 0 Å². The molecule has 0 heterocycles. The first-order valence-corrected chi connectivity index (χ1v) is 9.80. The molecule has 0 amide bonds.